The molecule has 0 N–H and O–H groups in total. The number of nitriles is 1. The standard InChI is InChI=1S/C6H5NO.C2H3N/c8-7-6-4-2-1-3-5-6;1-2-3/h1-5H;1H3. The number of rotatable bonds is 1. The van der Waals surface area contributed by atoms with Crippen LogP contribution >= 0.6 is 0 Å². The zero-order chi connectivity index (χ0) is 8.53. The van der Waals surface area contributed by atoms with E-state index in [1.54, 1.807) is 30.3 Å². The van der Waals surface area contributed by atoms with Crippen LogP contribution in [0.2, 0.25) is 0 Å². The highest BCUT2D eigenvalue weighted by Gasteiger charge is 1.81. The van der Waals surface area contributed by atoms with Gasteiger partial charge < -0.3 is 0 Å². The quantitative estimate of drug-likeness (QED) is 0.575. The molecule has 0 fully saturated rings. The molecule has 1 rings (SSSR count). The molecule has 0 aromatic heterocycles. The van der Waals surface area contributed by atoms with Crippen LogP contribution in [0.5, 0.6) is 0 Å². The highest BCUT2D eigenvalue weighted by atomic mass is 16.3. The van der Waals surface area contributed by atoms with Crippen molar-refractivity contribution in [3.05, 3.63) is 35.2 Å². The molecule has 0 aliphatic rings. The van der Waals surface area contributed by atoms with Crippen LogP contribution in [0.1, 0.15) is 6.92 Å². The smallest absolute Gasteiger partial charge is 0.107 e. The van der Waals surface area contributed by atoms with Gasteiger partial charge in [-0.15, -0.1) is 4.91 Å². The second kappa shape index (κ2) is 6.43. The van der Waals surface area contributed by atoms with Gasteiger partial charge in [-0.1, -0.05) is 18.2 Å². The van der Waals surface area contributed by atoms with E-state index in [4.69, 9.17) is 5.26 Å². The van der Waals surface area contributed by atoms with Crippen molar-refractivity contribution >= 4 is 5.69 Å². The van der Waals surface area contributed by atoms with Crippen molar-refractivity contribution in [3.8, 4) is 6.07 Å². The Kier molecular flexibility index (Phi) is 5.44. The molecule has 0 bridgehead atoms. The van der Waals surface area contributed by atoms with Crippen molar-refractivity contribution in [2.24, 2.45) is 5.18 Å². The Labute approximate surface area is 65.3 Å². The highest BCUT2D eigenvalue weighted by Crippen LogP contribution is 2.07. The van der Waals surface area contributed by atoms with E-state index in [1.807, 2.05) is 6.07 Å². The molecule has 1 aromatic carbocycles. The van der Waals surface area contributed by atoms with E-state index < -0.39 is 0 Å². The summed E-state index contributed by atoms with van der Waals surface area (Å²) in [6.07, 6.45) is 0. The molecule has 0 saturated carbocycles. The SMILES string of the molecule is CC#N.O=Nc1ccccc1. The minimum Gasteiger partial charge on any atom is -0.199 e. The van der Waals surface area contributed by atoms with Crippen LogP contribution in [-0.2, 0) is 0 Å². The summed E-state index contributed by atoms with van der Waals surface area (Å²) in [6, 6.07) is 10.5. The van der Waals surface area contributed by atoms with E-state index >= 15 is 0 Å². The largest absolute Gasteiger partial charge is 0.199 e. The van der Waals surface area contributed by atoms with Crippen molar-refractivity contribution in [1.82, 2.24) is 0 Å². The van der Waals surface area contributed by atoms with Crippen LogP contribution in [0.4, 0.5) is 5.69 Å². The van der Waals surface area contributed by atoms with Gasteiger partial charge in [-0.3, -0.25) is 0 Å². The Balaban J connectivity index is 0.000000292. The summed E-state index contributed by atoms with van der Waals surface area (Å²) in [5, 5.41) is 10.0. The topological polar surface area (TPSA) is 53.2 Å². The van der Waals surface area contributed by atoms with Crippen LogP contribution in [0.25, 0.3) is 0 Å². The molecule has 1 aromatic rings. The second-order valence-electron chi connectivity index (χ2n) is 1.65. The van der Waals surface area contributed by atoms with Crippen LogP contribution in [-0.4, -0.2) is 0 Å². The average Bonchev–Trinajstić information content (AvgIpc) is 2.08. The van der Waals surface area contributed by atoms with E-state index in [9.17, 15) is 4.91 Å². The minimum absolute atomic E-state index is 0.479. The van der Waals surface area contributed by atoms with Gasteiger partial charge >= 0.3 is 0 Å². The third kappa shape index (κ3) is 4.79. The molecule has 3 heteroatoms. The van der Waals surface area contributed by atoms with Crippen LogP contribution < -0.4 is 0 Å². The molecule has 0 aliphatic heterocycles. The Bertz CT molecular complexity index is 238. The van der Waals surface area contributed by atoms with Gasteiger partial charge in [0.05, 0.1) is 6.07 Å². The average molecular weight is 148 g/mol. The van der Waals surface area contributed by atoms with Gasteiger partial charge in [-0.2, -0.15) is 5.26 Å². The number of benzene rings is 1. The first-order valence-electron chi connectivity index (χ1n) is 3.04. The molecule has 0 aliphatic carbocycles. The van der Waals surface area contributed by atoms with Crippen molar-refractivity contribution in [2.75, 3.05) is 0 Å². The van der Waals surface area contributed by atoms with E-state index in [0.717, 1.165) is 0 Å². The fourth-order valence-corrected chi connectivity index (χ4v) is 0.489. The monoisotopic (exact) mass is 148 g/mol. The first-order valence-corrected chi connectivity index (χ1v) is 3.04. The number of nitrogens with zero attached hydrogens (tertiary/aromatic N) is 2. The second-order valence-corrected chi connectivity index (χ2v) is 1.65. The van der Waals surface area contributed by atoms with Gasteiger partial charge in [0, 0.05) is 6.92 Å². The third-order valence-corrected chi connectivity index (χ3v) is 0.862. The molecule has 0 atom stereocenters. The maximum atomic E-state index is 9.76. The molecule has 0 saturated heterocycles. The first-order chi connectivity index (χ1) is 5.35. The lowest BCUT2D eigenvalue weighted by atomic mass is 10.3. The van der Waals surface area contributed by atoms with Crippen molar-refractivity contribution in [3.63, 3.8) is 0 Å². The van der Waals surface area contributed by atoms with E-state index in [-0.39, 0.29) is 0 Å². The summed E-state index contributed by atoms with van der Waals surface area (Å²) in [5.41, 5.74) is 0.479. The summed E-state index contributed by atoms with van der Waals surface area (Å²) < 4.78 is 0. The number of nitroso groups, excluding NO2 is 1. The fraction of sp³-hybridized carbons (Fsp3) is 0.125. The molecule has 0 radical (unpaired) electrons. The van der Waals surface area contributed by atoms with Gasteiger partial charge in [-0.25, -0.2) is 0 Å². The molecular weight excluding hydrogens is 140 g/mol. The van der Waals surface area contributed by atoms with Gasteiger partial charge in [0.2, 0.25) is 0 Å². The Morgan fingerprint density at radius 2 is 1.82 bits per heavy atom. The molecule has 0 unspecified atom stereocenters. The van der Waals surface area contributed by atoms with E-state index in [0.29, 0.717) is 5.69 Å². The summed E-state index contributed by atoms with van der Waals surface area (Å²) in [7, 11) is 0. The van der Waals surface area contributed by atoms with Crippen molar-refractivity contribution in [2.45, 2.75) is 6.92 Å². The van der Waals surface area contributed by atoms with Gasteiger partial charge in [0.15, 0.2) is 0 Å². The zero-order valence-electron chi connectivity index (χ0n) is 6.19. The molecule has 0 spiro atoms. The molecule has 0 amide bonds. The number of hydrogen-bond donors (Lipinski definition) is 0. The van der Waals surface area contributed by atoms with Crippen molar-refractivity contribution < 1.29 is 0 Å². The lowest BCUT2D eigenvalue weighted by molar-refractivity contribution is 1.49. The Morgan fingerprint density at radius 3 is 2.09 bits per heavy atom. The predicted molar refractivity (Wildman–Crippen MR) is 43.2 cm³/mol. The summed E-state index contributed by atoms with van der Waals surface area (Å²) in [5.74, 6) is 0. The lowest BCUT2D eigenvalue weighted by Crippen LogP contribution is -1.56. The summed E-state index contributed by atoms with van der Waals surface area (Å²) in [6.45, 7) is 1.43. The number of hydrogen-bond acceptors (Lipinski definition) is 3. The predicted octanol–water partition coefficient (Wildman–Crippen LogP) is 2.61. The Hall–Kier alpha value is -1.69. The fourth-order valence-electron chi connectivity index (χ4n) is 0.489. The molecular formula is C8H8N2O. The van der Waals surface area contributed by atoms with Crippen LogP contribution in [0, 0.1) is 16.2 Å². The zero-order valence-corrected chi connectivity index (χ0v) is 6.19. The van der Waals surface area contributed by atoms with E-state index in [2.05, 4.69) is 5.18 Å². The van der Waals surface area contributed by atoms with Crippen LogP contribution in [0.3, 0.4) is 0 Å². The maximum Gasteiger partial charge on any atom is 0.107 e. The molecule has 11 heavy (non-hydrogen) atoms. The van der Waals surface area contributed by atoms with Crippen molar-refractivity contribution in [1.29, 1.82) is 5.26 Å². The van der Waals surface area contributed by atoms with E-state index in [1.165, 1.54) is 6.92 Å². The summed E-state index contributed by atoms with van der Waals surface area (Å²) in [4.78, 5) is 9.76. The minimum atomic E-state index is 0.479. The van der Waals surface area contributed by atoms with Gasteiger partial charge in [0.1, 0.15) is 5.69 Å². The summed E-state index contributed by atoms with van der Waals surface area (Å²) >= 11 is 0. The van der Waals surface area contributed by atoms with Crippen LogP contribution in [0.15, 0.2) is 35.5 Å². The molecule has 56 valence electrons. The Morgan fingerprint density at radius 1 is 1.36 bits per heavy atom. The van der Waals surface area contributed by atoms with Gasteiger partial charge in [-0.05, 0) is 17.3 Å². The molecule has 3 nitrogen and oxygen atoms in total. The normalized spacial score (nSPS) is 6.91. The molecule has 0 heterocycles. The lowest BCUT2D eigenvalue weighted by Gasteiger charge is -1.80. The third-order valence-electron chi connectivity index (χ3n) is 0.862. The highest BCUT2D eigenvalue weighted by molar-refractivity contribution is 5.34. The van der Waals surface area contributed by atoms with Gasteiger partial charge in [0.25, 0.3) is 0 Å². The maximum absolute atomic E-state index is 9.76. The first kappa shape index (κ1) is 9.31.